The average Bonchev–Trinajstić information content (AvgIpc) is 2.62. The first-order valence-electron chi connectivity index (χ1n) is 8.32. The Morgan fingerprint density at radius 3 is 1.73 bits per heavy atom. The van der Waals surface area contributed by atoms with E-state index in [1.807, 2.05) is 60.7 Å². The lowest BCUT2D eigenvalue weighted by Crippen LogP contribution is -2.51. The first-order valence-corrected chi connectivity index (χ1v) is 8.32. The van der Waals surface area contributed by atoms with Gasteiger partial charge in [-0.2, -0.15) is 0 Å². The summed E-state index contributed by atoms with van der Waals surface area (Å²) in [7, 11) is 0. The van der Waals surface area contributed by atoms with E-state index in [4.69, 9.17) is 5.73 Å². The highest BCUT2D eigenvalue weighted by Gasteiger charge is 2.42. The molecular formula is C20H25NO. The van der Waals surface area contributed by atoms with Crippen LogP contribution >= 0.6 is 0 Å². The van der Waals surface area contributed by atoms with Crippen LogP contribution in [0.25, 0.3) is 0 Å². The van der Waals surface area contributed by atoms with Gasteiger partial charge in [-0.05, 0) is 29.9 Å². The number of rotatable bonds is 4. The second kappa shape index (κ2) is 6.64. The van der Waals surface area contributed by atoms with Gasteiger partial charge in [0.25, 0.3) is 0 Å². The van der Waals surface area contributed by atoms with Crippen LogP contribution in [0.2, 0.25) is 0 Å². The van der Waals surface area contributed by atoms with Crippen LogP contribution in [-0.4, -0.2) is 11.1 Å². The Hall–Kier alpha value is -1.64. The van der Waals surface area contributed by atoms with Crippen LogP contribution in [0, 0.1) is 5.92 Å². The van der Waals surface area contributed by atoms with E-state index in [1.165, 1.54) is 19.3 Å². The molecule has 1 saturated carbocycles. The molecule has 2 aromatic carbocycles. The molecule has 3 N–H and O–H groups in total. The van der Waals surface area contributed by atoms with Crippen molar-refractivity contribution in [3.8, 4) is 0 Å². The number of benzene rings is 2. The quantitative estimate of drug-likeness (QED) is 0.900. The lowest BCUT2D eigenvalue weighted by Gasteiger charge is -2.40. The minimum Gasteiger partial charge on any atom is -0.379 e. The van der Waals surface area contributed by atoms with Crippen LogP contribution < -0.4 is 5.73 Å². The van der Waals surface area contributed by atoms with Crippen molar-refractivity contribution in [1.29, 1.82) is 0 Å². The predicted octanol–water partition coefficient (Wildman–Crippen LogP) is 3.83. The van der Waals surface area contributed by atoms with Crippen molar-refractivity contribution in [2.24, 2.45) is 11.7 Å². The van der Waals surface area contributed by atoms with Gasteiger partial charge in [0, 0.05) is 6.04 Å². The van der Waals surface area contributed by atoms with Crippen LogP contribution in [0.15, 0.2) is 60.7 Å². The number of nitrogens with two attached hydrogens (primary N) is 1. The molecule has 22 heavy (non-hydrogen) atoms. The topological polar surface area (TPSA) is 46.2 Å². The monoisotopic (exact) mass is 295 g/mol. The van der Waals surface area contributed by atoms with Gasteiger partial charge >= 0.3 is 0 Å². The van der Waals surface area contributed by atoms with E-state index in [-0.39, 0.29) is 6.04 Å². The Kier molecular flexibility index (Phi) is 4.60. The van der Waals surface area contributed by atoms with Crippen molar-refractivity contribution in [2.75, 3.05) is 0 Å². The second-order valence-electron chi connectivity index (χ2n) is 6.42. The predicted molar refractivity (Wildman–Crippen MR) is 90.4 cm³/mol. The third-order valence-electron chi connectivity index (χ3n) is 5.07. The SMILES string of the molecule is N[C@H](C1CCCCC1)C(O)(c1ccccc1)c1ccccc1. The summed E-state index contributed by atoms with van der Waals surface area (Å²) in [6, 6.07) is 19.5. The Labute approximate surface area is 133 Å². The van der Waals surface area contributed by atoms with E-state index in [0.717, 1.165) is 24.0 Å². The zero-order valence-corrected chi connectivity index (χ0v) is 13.0. The number of aliphatic hydroxyl groups is 1. The molecule has 2 heteroatoms. The molecule has 3 rings (SSSR count). The third kappa shape index (κ3) is 2.81. The third-order valence-corrected chi connectivity index (χ3v) is 5.07. The molecule has 0 unspecified atom stereocenters. The highest BCUT2D eigenvalue weighted by molar-refractivity contribution is 5.38. The maximum Gasteiger partial charge on any atom is 0.130 e. The molecule has 116 valence electrons. The zero-order valence-electron chi connectivity index (χ0n) is 13.0. The van der Waals surface area contributed by atoms with Gasteiger partial charge in [-0.25, -0.2) is 0 Å². The highest BCUT2D eigenvalue weighted by Crippen LogP contribution is 2.39. The molecule has 0 radical (unpaired) electrons. The van der Waals surface area contributed by atoms with Crippen molar-refractivity contribution >= 4 is 0 Å². The van der Waals surface area contributed by atoms with Gasteiger partial charge in [0.1, 0.15) is 5.60 Å². The van der Waals surface area contributed by atoms with E-state index >= 15 is 0 Å². The molecule has 0 spiro atoms. The fourth-order valence-electron chi connectivity index (χ4n) is 3.77. The number of hydrogen-bond donors (Lipinski definition) is 2. The summed E-state index contributed by atoms with van der Waals surface area (Å²) in [4.78, 5) is 0. The molecule has 0 aromatic heterocycles. The Morgan fingerprint density at radius 1 is 0.818 bits per heavy atom. The van der Waals surface area contributed by atoms with Crippen LogP contribution in [0.4, 0.5) is 0 Å². The second-order valence-corrected chi connectivity index (χ2v) is 6.42. The molecule has 1 atom stereocenters. The smallest absolute Gasteiger partial charge is 0.130 e. The lowest BCUT2D eigenvalue weighted by atomic mass is 9.71. The molecule has 0 bridgehead atoms. The lowest BCUT2D eigenvalue weighted by molar-refractivity contribution is 0.0218. The van der Waals surface area contributed by atoms with Crippen LogP contribution in [0.3, 0.4) is 0 Å². The summed E-state index contributed by atoms with van der Waals surface area (Å²) < 4.78 is 0. The maximum absolute atomic E-state index is 11.6. The van der Waals surface area contributed by atoms with Crippen molar-refractivity contribution < 1.29 is 5.11 Å². The summed E-state index contributed by atoms with van der Waals surface area (Å²) in [5.41, 5.74) is 7.30. The molecular weight excluding hydrogens is 270 g/mol. The van der Waals surface area contributed by atoms with Crippen molar-refractivity contribution in [2.45, 2.75) is 43.7 Å². The maximum atomic E-state index is 11.6. The van der Waals surface area contributed by atoms with E-state index in [2.05, 4.69) is 0 Å². The van der Waals surface area contributed by atoms with E-state index in [0.29, 0.717) is 5.92 Å². The average molecular weight is 295 g/mol. The molecule has 1 aliphatic rings. The van der Waals surface area contributed by atoms with E-state index in [1.54, 1.807) is 0 Å². The molecule has 2 nitrogen and oxygen atoms in total. The molecule has 0 amide bonds. The molecule has 0 aliphatic heterocycles. The Morgan fingerprint density at radius 2 is 1.27 bits per heavy atom. The summed E-state index contributed by atoms with van der Waals surface area (Å²) >= 11 is 0. The Balaban J connectivity index is 2.03. The van der Waals surface area contributed by atoms with Gasteiger partial charge in [-0.15, -0.1) is 0 Å². The molecule has 0 saturated heterocycles. The first-order chi connectivity index (χ1) is 10.7. The standard InChI is InChI=1S/C20H25NO/c21-19(16-10-4-1-5-11-16)20(22,17-12-6-2-7-13-17)18-14-8-3-9-15-18/h2-3,6-9,12-16,19,22H,1,4-5,10-11,21H2/t19-/m1/s1. The minimum absolute atomic E-state index is 0.280. The fraction of sp³-hybridized carbons (Fsp3) is 0.400. The molecule has 1 fully saturated rings. The Bertz CT molecular complexity index is 536. The van der Waals surface area contributed by atoms with Crippen molar-refractivity contribution in [3.63, 3.8) is 0 Å². The molecule has 2 aromatic rings. The summed E-state index contributed by atoms with van der Waals surface area (Å²) in [5, 5.41) is 11.6. The zero-order chi connectivity index (χ0) is 15.4. The van der Waals surface area contributed by atoms with Gasteiger partial charge in [0.05, 0.1) is 0 Å². The van der Waals surface area contributed by atoms with E-state index in [9.17, 15) is 5.11 Å². The first kappa shape index (κ1) is 15.3. The van der Waals surface area contributed by atoms with E-state index < -0.39 is 5.60 Å². The van der Waals surface area contributed by atoms with Crippen LogP contribution in [-0.2, 0) is 5.60 Å². The van der Waals surface area contributed by atoms with Gasteiger partial charge in [0.2, 0.25) is 0 Å². The fourth-order valence-corrected chi connectivity index (χ4v) is 3.77. The van der Waals surface area contributed by atoms with Crippen LogP contribution in [0.5, 0.6) is 0 Å². The van der Waals surface area contributed by atoms with Gasteiger partial charge < -0.3 is 10.8 Å². The minimum atomic E-state index is -1.12. The van der Waals surface area contributed by atoms with Gasteiger partial charge in [-0.1, -0.05) is 79.9 Å². The molecule has 0 heterocycles. The van der Waals surface area contributed by atoms with Gasteiger partial charge in [-0.3, -0.25) is 0 Å². The largest absolute Gasteiger partial charge is 0.379 e. The number of hydrogen-bond acceptors (Lipinski definition) is 2. The highest BCUT2D eigenvalue weighted by atomic mass is 16.3. The molecule has 1 aliphatic carbocycles. The van der Waals surface area contributed by atoms with Crippen molar-refractivity contribution in [3.05, 3.63) is 71.8 Å². The van der Waals surface area contributed by atoms with Crippen LogP contribution in [0.1, 0.15) is 43.2 Å². The summed E-state index contributed by atoms with van der Waals surface area (Å²) in [6.45, 7) is 0. The van der Waals surface area contributed by atoms with Crippen molar-refractivity contribution in [1.82, 2.24) is 0 Å². The normalized spacial score (nSPS) is 18.1. The van der Waals surface area contributed by atoms with Gasteiger partial charge in [0.15, 0.2) is 0 Å². The summed E-state index contributed by atoms with van der Waals surface area (Å²) in [6.07, 6.45) is 5.96. The summed E-state index contributed by atoms with van der Waals surface area (Å²) in [5.74, 6) is 0.374.